The van der Waals surface area contributed by atoms with Gasteiger partial charge in [0.2, 0.25) is 0 Å². The number of fused-ring (bicyclic) bond motifs is 1. The van der Waals surface area contributed by atoms with E-state index in [0.717, 1.165) is 16.6 Å². The van der Waals surface area contributed by atoms with E-state index < -0.39 is 0 Å². The van der Waals surface area contributed by atoms with Gasteiger partial charge in [0.1, 0.15) is 11.5 Å². The number of hydrogen-bond acceptors (Lipinski definition) is 4. The summed E-state index contributed by atoms with van der Waals surface area (Å²) in [4.78, 5) is 24.4. The minimum Gasteiger partial charge on any atom is -0.350 e. The third-order valence-electron chi connectivity index (χ3n) is 4.29. The molecule has 2 N–H and O–H groups in total. The number of anilines is 1. The zero-order valence-corrected chi connectivity index (χ0v) is 16.4. The molecule has 142 valence electrons. The topological polar surface area (TPSA) is 88.5 Å². The molecule has 4 aromatic rings. The summed E-state index contributed by atoms with van der Waals surface area (Å²) in [5.74, 6) is 0.597. The van der Waals surface area contributed by atoms with Crippen LogP contribution < -0.4 is 5.32 Å². The molecule has 1 aromatic carbocycles. The van der Waals surface area contributed by atoms with E-state index in [1.54, 1.807) is 36.7 Å². The first-order valence-corrected chi connectivity index (χ1v) is 9.16. The fourth-order valence-electron chi connectivity index (χ4n) is 2.79. The van der Waals surface area contributed by atoms with Gasteiger partial charge in [-0.1, -0.05) is 38.4 Å². The van der Waals surface area contributed by atoms with Gasteiger partial charge in [-0.05, 0) is 24.3 Å². The molecular weight excluding hydrogens is 376 g/mol. The van der Waals surface area contributed by atoms with Gasteiger partial charge in [0, 0.05) is 39.8 Å². The van der Waals surface area contributed by atoms with Gasteiger partial charge in [-0.25, -0.2) is 9.97 Å². The maximum absolute atomic E-state index is 12.9. The molecule has 0 unspecified atom stereocenters. The van der Waals surface area contributed by atoms with Gasteiger partial charge >= 0.3 is 0 Å². The second-order valence-corrected chi connectivity index (χ2v) is 7.93. The Hall–Kier alpha value is -3.19. The van der Waals surface area contributed by atoms with Gasteiger partial charge in [0.25, 0.3) is 11.9 Å². The summed E-state index contributed by atoms with van der Waals surface area (Å²) in [6.07, 6.45) is 3.27. The highest BCUT2D eigenvalue weighted by molar-refractivity contribution is 6.31. The number of carbonyl (C=O) groups excluding carboxylic acids is 1. The molecule has 0 bridgehead atoms. The average Bonchev–Trinajstić information content (AvgIpc) is 3.26. The lowest BCUT2D eigenvalue weighted by atomic mass is 9.92. The fraction of sp³-hybridized carbons (Fsp3) is 0.200. The third-order valence-corrected chi connectivity index (χ3v) is 4.53. The summed E-state index contributed by atoms with van der Waals surface area (Å²) >= 11 is 6.03. The van der Waals surface area contributed by atoms with E-state index in [1.165, 1.54) is 4.68 Å². The first-order valence-electron chi connectivity index (χ1n) is 8.79. The Balaban J connectivity index is 1.71. The van der Waals surface area contributed by atoms with Gasteiger partial charge in [-0.3, -0.25) is 4.79 Å². The van der Waals surface area contributed by atoms with Crippen molar-refractivity contribution in [2.24, 2.45) is 0 Å². The Kier molecular flexibility index (Phi) is 4.39. The molecule has 1 amide bonds. The standard InChI is InChI=1S/C20H19ClN6O/c1-20(2,3)16-11-17(27(26-16)19-22-7-4-8-23-19)25-18(28)15-9-12-5-6-13(21)10-14(12)24-15/h4-11,24H,1-3H3,(H,25,28). The number of H-pyrrole nitrogens is 1. The summed E-state index contributed by atoms with van der Waals surface area (Å²) in [5, 5.41) is 9.03. The van der Waals surface area contributed by atoms with E-state index in [1.807, 2.05) is 12.1 Å². The van der Waals surface area contributed by atoms with Crippen molar-refractivity contribution in [2.75, 3.05) is 5.32 Å². The largest absolute Gasteiger partial charge is 0.350 e. The zero-order chi connectivity index (χ0) is 19.9. The van der Waals surface area contributed by atoms with Crippen molar-refractivity contribution in [3.63, 3.8) is 0 Å². The molecule has 0 saturated heterocycles. The van der Waals surface area contributed by atoms with Crippen molar-refractivity contribution in [3.8, 4) is 5.95 Å². The summed E-state index contributed by atoms with van der Waals surface area (Å²) in [6.45, 7) is 6.16. The van der Waals surface area contributed by atoms with Crippen molar-refractivity contribution in [1.29, 1.82) is 0 Å². The first kappa shape index (κ1) is 18.2. The normalized spacial score (nSPS) is 11.7. The summed E-state index contributed by atoms with van der Waals surface area (Å²) in [6, 6.07) is 10.8. The highest BCUT2D eigenvalue weighted by Gasteiger charge is 2.23. The van der Waals surface area contributed by atoms with Crippen LogP contribution in [0.4, 0.5) is 5.82 Å². The molecule has 3 aromatic heterocycles. The lowest BCUT2D eigenvalue weighted by molar-refractivity contribution is 0.102. The monoisotopic (exact) mass is 394 g/mol. The summed E-state index contributed by atoms with van der Waals surface area (Å²) in [5.41, 5.74) is 1.85. The molecule has 0 aliphatic carbocycles. The number of hydrogen-bond donors (Lipinski definition) is 2. The van der Waals surface area contributed by atoms with Crippen molar-refractivity contribution < 1.29 is 4.79 Å². The molecule has 0 atom stereocenters. The highest BCUT2D eigenvalue weighted by Crippen LogP contribution is 2.26. The number of aromatic nitrogens is 5. The Morgan fingerprint density at radius 3 is 2.61 bits per heavy atom. The van der Waals surface area contributed by atoms with E-state index in [-0.39, 0.29) is 11.3 Å². The van der Waals surface area contributed by atoms with Gasteiger partial charge < -0.3 is 10.3 Å². The molecule has 0 aliphatic rings. The van der Waals surface area contributed by atoms with E-state index in [4.69, 9.17) is 11.6 Å². The minimum atomic E-state index is -0.287. The highest BCUT2D eigenvalue weighted by atomic mass is 35.5. The molecular formula is C20H19ClN6O. The lowest BCUT2D eigenvalue weighted by Crippen LogP contribution is -2.16. The second kappa shape index (κ2) is 6.76. The van der Waals surface area contributed by atoms with Crippen molar-refractivity contribution >= 4 is 34.2 Å². The number of carbonyl (C=O) groups is 1. The first-order chi connectivity index (χ1) is 13.3. The molecule has 28 heavy (non-hydrogen) atoms. The number of halogens is 1. The van der Waals surface area contributed by atoms with Crippen LogP contribution in [0.2, 0.25) is 5.02 Å². The quantitative estimate of drug-likeness (QED) is 0.540. The Labute approximate surface area is 166 Å². The molecule has 0 fully saturated rings. The van der Waals surface area contributed by atoms with Crippen molar-refractivity contribution in [2.45, 2.75) is 26.2 Å². The predicted molar refractivity (Wildman–Crippen MR) is 109 cm³/mol. The van der Waals surface area contributed by atoms with Crippen molar-refractivity contribution in [1.82, 2.24) is 24.7 Å². The van der Waals surface area contributed by atoms with Crippen LogP contribution in [-0.4, -0.2) is 30.6 Å². The minimum absolute atomic E-state index is 0.197. The molecule has 8 heteroatoms. The Bertz CT molecular complexity index is 1160. The van der Waals surface area contributed by atoms with Crippen molar-refractivity contribution in [3.05, 3.63) is 65.2 Å². The number of nitrogens with one attached hydrogen (secondary N) is 2. The number of rotatable bonds is 3. The maximum atomic E-state index is 12.9. The van der Waals surface area contributed by atoms with Crippen LogP contribution in [0, 0.1) is 0 Å². The SMILES string of the molecule is CC(C)(C)c1cc(NC(=O)c2cc3ccc(Cl)cc3[nH]2)n(-c2ncccn2)n1. The molecule has 7 nitrogen and oxygen atoms in total. The average molecular weight is 395 g/mol. The Morgan fingerprint density at radius 2 is 1.89 bits per heavy atom. The summed E-state index contributed by atoms with van der Waals surface area (Å²) < 4.78 is 1.54. The van der Waals surface area contributed by atoms with Crippen LogP contribution in [0.15, 0.2) is 48.8 Å². The number of aromatic amines is 1. The fourth-order valence-corrected chi connectivity index (χ4v) is 2.97. The van der Waals surface area contributed by atoms with Crippen LogP contribution in [0.25, 0.3) is 16.9 Å². The van der Waals surface area contributed by atoms with Gasteiger partial charge in [-0.15, -0.1) is 0 Å². The molecule has 0 saturated carbocycles. The number of nitrogens with zero attached hydrogens (tertiary/aromatic N) is 4. The second-order valence-electron chi connectivity index (χ2n) is 7.49. The predicted octanol–water partition coefficient (Wildman–Crippen LogP) is 4.35. The van der Waals surface area contributed by atoms with Gasteiger partial charge in [0.05, 0.1) is 5.69 Å². The van der Waals surface area contributed by atoms with E-state index in [9.17, 15) is 4.79 Å². The molecule has 0 radical (unpaired) electrons. The van der Waals surface area contributed by atoms with E-state index in [2.05, 4.69) is 46.1 Å². The smallest absolute Gasteiger partial charge is 0.273 e. The van der Waals surface area contributed by atoms with E-state index in [0.29, 0.717) is 22.5 Å². The Morgan fingerprint density at radius 1 is 1.14 bits per heavy atom. The molecule has 0 aliphatic heterocycles. The molecule has 4 rings (SSSR count). The van der Waals surface area contributed by atoms with Crippen LogP contribution in [0.3, 0.4) is 0 Å². The van der Waals surface area contributed by atoms with Gasteiger partial charge in [0.15, 0.2) is 0 Å². The van der Waals surface area contributed by atoms with Crippen LogP contribution in [0.5, 0.6) is 0 Å². The van der Waals surface area contributed by atoms with Crippen LogP contribution >= 0.6 is 11.6 Å². The van der Waals surface area contributed by atoms with Gasteiger partial charge in [-0.2, -0.15) is 9.78 Å². The van der Waals surface area contributed by atoms with E-state index >= 15 is 0 Å². The van der Waals surface area contributed by atoms with Crippen LogP contribution in [0.1, 0.15) is 37.0 Å². The number of benzene rings is 1. The zero-order valence-electron chi connectivity index (χ0n) is 15.7. The number of amides is 1. The lowest BCUT2D eigenvalue weighted by Gasteiger charge is -2.13. The van der Waals surface area contributed by atoms with Crippen LogP contribution in [-0.2, 0) is 5.41 Å². The summed E-state index contributed by atoms with van der Waals surface area (Å²) in [7, 11) is 0. The third kappa shape index (κ3) is 3.48. The molecule has 3 heterocycles. The maximum Gasteiger partial charge on any atom is 0.273 e. The molecule has 0 spiro atoms.